The van der Waals surface area contributed by atoms with E-state index >= 15 is 0 Å². The van der Waals surface area contributed by atoms with Gasteiger partial charge in [0.25, 0.3) is 0 Å². The number of hydrogen-bond acceptors (Lipinski definition) is 3. The fourth-order valence-corrected chi connectivity index (χ4v) is 2.07. The van der Waals surface area contributed by atoms with Gasteiger partial charge in [-0.05, 0) is 30.0 Å². The third-order valence-electron chi connectivity index (χ3n) is 2.17. The number of hydrogen-bond donors (Lipinski definition) is 2. The number of anilines is 1. The average molecular weight is 238 g/mol. The van der Waals surface area contributed by atoms with Crippen LogP contribution in [0.3, 0.4) is 0 Å². The molecule has 0 bridgehead atoms. The van der Waals surface area contributed by atoms with Crippen LogP contribution in [0.5, 0.6) is 0 Å². The van der Waals surface area contributed by atoms with Gasteiger partial charge in [-0.25, -0.2) is 0 Å². The van der Waals surface area contributed by atoms with Crippen LogP contribution in [0.1, 0.15) is 20.8 Å². The molecule has 0 atom stereocenters. The summed E-state index contributed by atoms with van der Waals surface area (Å²) < 4.78 is 0. The molecule has 0 aliphatic carbocycles. The largest absolute Gasteiger partial charge is 0.384 e. The molecule has 0 amide bonds. The Bertz CT molecular complexity index is 282. The molecule has 90 valence electrons. The molecule has 2 N–H and O–H groups in total. The van der Waals surface area contributed by atoms with E-state index in [0.29, 0.717) is 6.04 Å². The van der Waals surface area contributed by atoms with Crippen LogP contribution in [-0.2, 0) is 0 Å². The molecule has 0 saturated heterocycles. The zero-order chi connectivity index (χ0) is 11.8. The van der Waals surface area contributed by atoms with Crippen LogP contribution in [0.25, 0.3) is 0 Å². The monoisotopic (exact) mass is 238 g/mol. The molecule has 1 aromatic carbocycles. The average Bonchev–Trinajstić information content (AvgIpc) is 2.27. The van der Waals surface area contributed by atoms with Gasteiger partial charge in [-0.3, -0.25) is 0 Å². The van der Waals surface area contributed by atoms with Crippen LogP contribution in [0, 0.1) is 0 Å². The second kappa shape index (κ2) is 7.58. The maximum absolute atomic E-state index is 3.40. The molecule has 0 heterocycles. The normalized spacial score (nSPS) is 10.8. The molecule has 16 heavy (non-hydrogen) atoms. The maximum Gasteiger partial charge on any atom is 0.0341 e. The number of rotatable bonds is 7. The molecule has 2 nitrogen and oxygen atoms in total. The smallest absolute Gasteiger partial charge is 0.0341 e. The summed E-state index contributed by atoms with van der Waals surface area (Å²) in [7, 11) is 0. The van der Waals surface area contributed by atoms with E-state index in [1.54, 1.807) is 0 Å². The first kappa shape index (κ1) is 13.4. The van der Waals surface area contributed by atoms with Gasteiger partial charge in [0.1, 0.15) is 0 Å². The fourth-order valence-electron chi connectivity index (χ4n) is 1.40. The van der Waals surface area contributed by atoms with Gasteiger partial charge >= 0.3 is 0 Å². The molecule has 0 aromatic heterocycles. The van der Waals surface area contributed by atoms with Crippen molar-refractivity contribution >= 4 is 17.4 Å². The standard InChI is InChI=1S/C13H22N2S/c1-4-16-13-7-5-12(6-8-13)15-10-9-14-11(2)3/h5-8,11,14-15H,4,9-10H2,1-3H3. The zero-order valence-corrected chi connectivity index (χ0v) is 11.2. The Morgan fingerprint density at radius 2 is 1.81 bits per heavy atom. The fraction of sp³-hybridized carbons (Fsp3) is 0.538. The molecular weight excluding hydrogens is 216 g/mol. The highest BCUT2D eigenvalue weighted by molar-refractivity contribution is 7.99. The van der Waals surface area contributed by atoms with Gasteiger partial charge in [0.15, 0.2) is 0 Å². The molecule has 0 spiro atoms. The highest BCUT2D eigenvalue weighted by Gasteiger charge is 1.94. The molecule has 0 aliphatic rings. The third-order valence-corrected chi connectivity index (χ3v) is 3.07. The molecular formula is C13H22N2S. The van der Waals surface area contributed by atoms with Gasteiger partial charge in [-0.15, -0.1) is 11.8 Å². The lowest BCUT2D eigenvalue weighted by molar-refractivity contribution is 0.602. The minimum atomic E-state index is 0.560. The Morgan fingerprint density at radius 1 is 1.12 bits per heavy atom. The van der Waals surface area contributed by atoms with Crippen LogP contribution in [0.2, 0.25) is 0 Å². The van der Waals surface area contributed by atoms with E-state index < -0.39 is 0 Å². The summed E-state index contributed by atoms with van der Waals surface area (Å²) in [6.45, 7) is 8.48. The van der Waals surface area contributed by atoms with Crippen LogP contribution in [0.15, 0.2) is 29.2 Å². The van der Waals surface area contributed by atoms with Crippen LogP contribution in [0.4, 0.5) is 5.69 Å². The topological polar surface area (TPSA) is 24.1 Å². The Hall–Kier alpha value is -0.670. The SMILES string of the molecule is CCSc1ccc(NCCNC(C)C)cc1. The number of thioether (sulfide) groups is 1. The Labute approximate surface area is 103 Å². The first-order valence-corrected chi connectivity index (χ1v) is 6.91. The first-order chi connectivity index (χ1) is 7.72. The van der Waals surface area contributed by atoms with Crippen LogP contribution >= 0.6 is 11.8 Å². The summed E-state index contributed by atoms with van der Waals surface area (Å²) in [5.74, 6) is 1.13. The lowest BCUT2D eigenvalue weighted by Crippen LogP contribution is -2.28. The molecule has 1 aromatic rings. The van der Waals surface area contributed by atoms with Crippen molar-refractivity contribution in [2.45, 2.75) is 31.7 Å². The summed E-state index contributed by atoms with van der Waals surface area (Å²) in [4.78, 5) is 1.34. The summed E-state index contributed by atoms with van der Waals surface area (Å²) in [6.07, 6.45) is 0. The number of benzene rings is 1. The van der Waals surface area contributed by atoms with Crippen LogP contribution < -0.4 is 10.6 Å². The van der Waals surface area contributed by atoms with Crippen molar-refractivity contribution in [2.75, 3.05) is 24.2 Å². The zero-order valence-electron chi connectivity index (χ0n) is 10.4. The summed E-state index contributed by atoms with van der Waals surface area (Å²) in [6, 6.07) is 9.20. The molecule has 0 aliphatic heterocycles. The molecule has 0 radical (unpaired) electrons. The van der Waals surface area contributed by atoms with Crippen molar-refractivity contribution in [1.82, 2.24) is 5.32 Å². The maximum atomic E-state index is 3.40. The molecule has 0 unspecified atom stereocenters. The van der Waals surface area contributed by atoms with Crippen LogP contribution in [-0.4, -0.2) is 24.9 Å². The summed E-state index contributed by atoms with van der Waals surface area (Å²) in [5.41, 5.74) is 1.20. The lowest BCUT2D eigenvalue weighted by atomic mass is 10.3. The predicted octanol–water partition coefficient (Wildman–Crippen LogP) is 3.21. The van der Waals surface area contributed by atoms with Crippen molar-refractivity contribution < 1.29 is 0 Å². The van der Waals surface area contributed by atoms with Gasteiger partial charge in [-0.1, -0.05) is 20.8 Å². The summed E-state index contributed by atoms with van der Waals surface area (Å²) in [5, 5.41) is 6.78. The lowest BCUT2D eigenvalue weighted by Gasteiger charge is -2.10. The number of nitrogens with one attached hydrogen (secondary N) is 2. The highest BCUT2D eigenvalue weighted by atomic mass is 32.2. The van der Waals surface area contributed by atoms with Crippen molar-refractivity contribution in [1.29, 1.82) is 0 Å². The Balaban J connectivity index is 2.26. The minimum Gasteiger partial charge on any atom is -0.384 e. The quantitative estimate of drug-likeness (QED) is 0.563. The van der Waals surface area contributed by atoms with E-state index in [-0.39, 0.29) is 0 Å². The Morgan fingerprint density at radius 3 is 2.38 bits per heavy atom. The predicted molar refractivity (Wildman–Crippen MR) is 74.5 cm³/mol. The molecule has 1 rings (SSSR count). The minimum absolute atomic E-state index is 0.560. The van der Waals surface area contributed by atoms with Gasteiger partial charge in [0, 0.05) is 29.7 Å². The molecule has 0 fully saturated rings. The van der Waals surface area contributed by atoms with Gasteiger partial charge in [-0.2, -0.15) is 0 Å². The second-order valence-electron chi connectivity index (χ2n) is 3.99. The third kappa shape index (κ3) is 5.42. The Kier molecular flexibility index (Phi) is 6.34. The van der Waals surface area contributed by atoms with E-state index in [4.69, 9.17) is 0 Å². The first-order valence-electron chi connectivity index (χ1n) is 5.92. The summed E-state index contributed by atoms with van der Waals surface area (Å²) >= 11 is 1.88. The molecule has 3 heteroatoms. The van der Waals surface area contributed by atoms with Crippen molar-refractivity contribution in [3.05, 3.63) is 24.3 Å². The van der Waals surface area contributed by atoms with Crippen molar-refractivity contribution in [3.63, 3.8) is 0 Å². The van der Waals surface area contributed by atoms with E-state index in [0.717, 1.165) is 18.8 Å². The van der Waals surface area contributed by atoms with Gasteiger partial charge < -0.3 is 10.6 Å². The van der Waals surface area contributed by atoms with Gasteiger partial charge in [0.05, 0.1) is 0 Å². The van der Waals surface area contributed by atoms with E-state index in [9.17, 15) is 0 Å². The van der Waals surface area contributed by atoms with Crippen molar-refractivity contribution in [3.8, 4) is 0 Å². The molecule has 0 saturated carbocycles. The van der Waals surface area contributed by atoms with E-state index in [1.807, 2.05) is 11.8 Å². The highest BCUT2D eigenvalue weighted by Crippen LogP contribution is 2.19. The van der Waals surface area contributed by atoms with E-state index in [2.05, 4.69) is 55.7 Å². The van der Waals surface area contributed by atoms with Gasteiger partial charge in [0.2, 0.25) is 0 Å². The van der Waals surface area contributed by atoms with E-state index in [1.165, 1.54) is 10.6 Å². The second-order valence-corrected chi connectivity index (χ2v) is 5.33. The van der Waals surface area contributed by atoms with Crippen molar-refractivity contribution in [2.24, 2.45) is 0 Å².